The average Bonchev–Trinajstić information content (AvgIpc) is 2.75. The van der Waals surface area contributed by atoms with Crippen molar-refractivity contribution in [2.45, 2.75) is 6.92 Å². The molecule has 1 aromatic heterocycles. The molecule has 0 saturated heterocycles. The highest BCUT2D eigenvalue weighted by Gasteiger charge is 2.10. The van der Waals surface area contributed by atoms with Crippen LogP contribution in [-0.4, -0.2) is 43.4 Å². The fourth-order valence-electron chi connectivity index (χ4n) is 2.62. The van der Waals surface area contributed by atoms with Crippen LogP contribution in [0.2, 0.25) is 0 Å². The summed E-state index contributed by atoms with van der Waals surface area (Å²) >= 11 is 0. The number of nitrogens with one attached hydrogen (secondary N) is 2. The molecule has 0 aliphatic carbocycles. The fraction of sp³-hybridized carbons (Fsp3) is 0.143. The van der Waals surface area contributed by atoms with Crippen LogP contribution in [0.3, 0.4) is 0 Å². The molecule has 0 spiro atoms. The van der Waals surface area contributed by atoms with Gasteiger partial charge in [-0.1, -0.05) is 18.2 Å². The van der Waals surface area contributed by atoms with Crippen molar-refractivity contribution in [1.29, 1.82) is 0 Å². The summed E-state index contributed by atoms with van der Waals surface area (Å²) in [5.74, 6) is 0.193. The fourth-order valence-corrected chi connectivity index (χ4v) is 3.21. The number of ether oxygens (including phenoxy) is 1. The first kappa shape index (κ1) is 21.9. The van der Waals surface area contributed by atoms with E-state index >= 15 is 0 Å². The van der Waals surface area contributed by atoms with E-state index in [0.717, 1.165) is 17.6 Å². The van der Waals surface area contributed by atoms with Crippen LogP contribution < -0.4 is 14.9 Å². The largest absolute Gasteiger partial charge is 0.494 e. The maximum Gasteiger partial charge on any atom is 0.291 e. The lowest BCUT2D eigenvalue weighted by atomic mass is 10.1. The van der Waals surface area contributed by atoms with Crippen molar-refractivity contribution < 1.29 is 17.9 Å². The summed E-state index contributed by atoms with van der Waals surface area (Å²) in [6, 6.07) is 14.0. The van der Waals surface area contributed by atoms with Crippen molar-refractivity contribution in [3.8, 4) is 17.0 Å². The minimum Gasteiger partial charge on any atom is -0.494 e. The molecule has 0 saturated carbocycles. The second-order valence-electron chi connectivity index (χ2n) is 6.41. The van der Waals surface area contributed by atoms with Crippen LogP contribution in [0, 0.1) is 0 Å². The third-order valence-electron chi connectivity index (χ3n) is 3.95. The molecule has 0 atom stereocenters. The van der Waals surface area contributed by atoms with Crippen LogP contribution >= 0.6 is 0 Å². The molecule has 0 radical (unpaired) electrons. The molecule has 9 nitrogen and oxygen atoms in total. The highest BCUT2D eigenvalue weighted by atomic mass is 32.2. The van der Waals surface area contributed by atoms with Crippen molar-refractivity contribution in [3.63, 3.8) is 0 Å². The van der Waals surface area contributed by atoms with E-state index in [2.05, 4.69) is 25.2 Å². The molecule has 1 heterocycles. The van der Waals surface area contributed by atoms with Crippen LogP contribution in [0.5, 0.6) is 5.75 Å². The smallest absolute Gasteiger partial charge is 0.291 e. The van der Waals surface area contributed by atoms with E-state index in [1.807, 2.05) is 31.2 Å². The van der Waals surface area contributed by atoms with E-state index in [1.165, 1.54) is 12.4 Å². The van der Waals surface area contributed by atoms with Crippen LogP contribution in [0.1, 0.15) is 23.0 Å². The van der Waals surface area contributed by atoms with Gasteiger partial charge in [0.15, 0.2) is 0 Å². The molecule has 3 rings (SSSR count). The number of rotatable bonds is 8. The molecule has 0 bridgehead atoms. The van der Waals surface area contributed by atoms with Crippen LogP contribution in [-0.2, 0) is 10.0 Å². The first-order chi connectivity index (χ1) is 14.9. The molecular weight excluding hydrogens is 418 g/mol. The Kier molecular flexibility index (Phi) is 6.93. The number of carbonyl (C=O) groups excluding carboxylic acids is 1. The zero-order valence-electron chi connectivity index (χ0n) is 16.9. The highest BCUT2D eigenvalue weighted by molar-refractivity contribution is 7.92. The van der Waals surface area contributed by atoms with Gasteiger partial charge in [0.05, 0.1) is 42.9 Å². The number of para-hydroxylation sites is 1. The highest BCUT2D eigenvalue weighted by Crippen LogP contribution is 2.20. The Morgan fingerprint density at radius 2 is 1.87 bits per heavy atom. The van der Waals surface area contributed by atoms with Crippen molar-refractivity contribution in [2.75, 3.05) is 17.6 Å². The van der Waals surface area contributed by atoms with Gasteiger partial charge in [-0.2, -0.15) is 5.10 Å². The third kappa shape index (κ3) is 6.34. The summed E-state index contributed by atoms with van der Waals surface area (Å²) in [6.07, 6.45) is 5.29. The molecule has 2 N–H and O–H groups in total. The Hall–Kier alpha value is -3.79. The van der Waals surface area contributed by atoms with Gasteiger partial charge in [0.2, 0.25) is 10.0 Å². The lowest BCUT2D eigenvalue weighted by Gasteiger charge is -2.07. The van der Waals surface area contributed by atoms with Crippen LogP contribution in [0.25, 0.3) is 11.3 Å². The summed E-state index contributed by atoms with van der Waals surface area (Å²) in [7, 11) is -3.45. The van der Waals surface area contributed by atoms with E-state index < -0.39 is 15.9 Å². The predicted octanol–water partition coefficient (Wildman–Crippen LogP) is 2.68. The number of anilines is 1. The van der Waals surface area contributed by atoms with Gasteiger partial charge in [0, 0.05) is 11.1 Å². The first-order valence-electron chi connectivity index (χ1n) is 9.31. The Balaban J connectivity index is 1.71. The van der Waals surface area contributed by atoms with Crippen molar-refractivity contribution in [2.24, 2.45) is 5.10 Å². The number of hydrazone groups is 1. The number of carbonyl (C=O) groups is 1. The molecule has 2 aromatic carbocycles. The van der Waals surface area contributed by atoms with E-state index in [-0.39, 0.29) is 5.69 Å². The van der Waals surface area contributed by atoms with E-state index in [9.17, 15) is 13.2 Å². The topological polar surface area (TPSA) is 123 Å². The van der Waals surface area contributed by atoms with Crippen LogP contribution in [0.15, 0.2) is 66.0 Å². The number of nitrogens with zero attached hydrogens (tertiary/aromatic N) is 3. The number of aromatic nitrogens is 2. The first-order valence-corrected chi connectivity index (χ1v) is 11.2. The summed E-state index contributed by atoms with van der Waals surface area (Å²) < 4.78 is 30.8. The molecule has 10 heteroatoms. The predicted molar refractivity (Wildman–Crippen MR) is 119 cm³/mol. The number of sulfonamides is 1. The number of hydrogen-bond acceptors (Lipinski definition) is 7. The summed E-state index contributed by atoms with van der Waals surface area (Å²) in [4.78, 5) is 20.8. The van der Waals surface area contributed by atoms with Gasteiger partial charge < -0.3 is 4.74 Å². The molecular formula is C21H21N5O4S. The molecule has 0 unspecified atom stereocenters. The molecule has 0 aliphatic heterocycles. The van der Waals surface area contributed by atoms with Gasteiger partial charge in [-0.3, -0.25) is 14.5 Å². The van der Waals surface area contributed by atoms with Gasteiger partial charge in [-0.25, -0.2) is 18.8 Å². The zero-order valence-corrected chi connectivity index (χ0v) is 17.8. The van der Waals surface area contributed by atoms with Gasteiger partial charge in [0.1, 0.15) is 11.4 Å². The molecule has 160 valence electrons. The average molecular weight is 439 g/mol. The molecule has 31 heavy (non-hydrogen) atoms. The van der Waals surface area contributed by atoms with Crippen molar-refractivity contribution in [1.82, 2.24) is 15.4 Å². The minimum absolute atomic E-state index is 0.0890. The number of amides is 1. The third-order valence-corrected chi connectivity index (χ3v) is 4.54. The SMILES string of the molecule is CCOc1ccc(-c2cncc(C(=O)N/N=C/c3ccccc3NS(C)(=O)=O)n2)cc1. The van der Waals surface area contributed by atoms with Gasteiger partial charge in [-0.15, -0.1) is 0 Å². The molecule has 3 aromatic rings. The number of hydrogen-bond donors (Lipinski definition) is 2. The maximum atomic E-state index is 12.4. The Morgan fingerprint density at radius 3 is 2.58 bits per heavy atom. The molecule has 0 aliphatic rings. The lowest BCUT2D eigenvalue weighted by Crippen LogP contribution is -2.19. The Bertz CT molecular complexity index is 1190. The van der Waals surface area contributed by atoms with E-state index in [1.54, 1.807) is 30.5 Å². The molecule has 0 fully saturated rings. The summed E-state index contributed by atoms with van der Waals surface area (Å²) in [6.45, 7) is 2.48. The standard InChI is InChI=1S/C21H21N5O4S/c1-3-30-17-10-8-15(9-11-17)19-13-22-14-20(24-19)21(27)25-23-12-16-6-4-5-7-18(16)26-31(2,28)29/h4-14,26H,3H2,1-2H3,(H,25,27)/b23-12+. The van der Waals surface area contributed by atoms with Crippen molar-refractivity contribution >= 4 is 27.8 Å². The Morgan fingerprint density at radius 1 is 1.13 bits per heavy atom. The zero-order chi connectivity index (χ0) is 22.3. The normalized spacial score (nSPS) is 11.3. The lowest BCUT2D eigenvalue weighted by molar-refractivity contribution is 0.0950. The Labute approximate surface area is 180 Å². The minimum atomic E-state index is -3.45. The monoisotopic (exact) mass is 439 g/mol. The van der Waals surface area contributed by atoms with Gasteiger partial charge >= 0.3 is 0 Å². The number of benzene rings is 2. The van der Waals surface area contributed by atoms with Crippen LogP contribution in [0.4, 0.5) is 5.69 Å². The van der Waals surface area contributed by atoms with Gasteiger partial charge in [-0.05, 0) is 37.3 Å². The molecule has 1 amide bonds. The van der Waals surface area contributed by atoms with E-state index in [4.69, 9.17) is 4.74 Å². The summed E-state index contributed by atoms with van der Waals surface area (Å²) in [5.41, 5.74) is 4.61. The quantitative estimate of drug-likeness (QED) is 0.411. The van der Waals surface area contributed by atoms with E-state index in [0.29, 0.717) is 23.6 Å². The second-order valence-corrected chi connectivity index (χ2v) is 8.16. The van der Waals surface area contributed by atoms with Crippen molar-refractivity contribution in [3.05, 3.63) is 72.2 Å². The maximum absolute atomic E-state index is 12.4. The second kappa shape index (κ2) is 9.81. The summed E-state index contributed by atoms with van der Waals surface area (Å²) in [5, 5.41) is 3.90. The van der Waals surface area contributed by atoms with Gasteiger partial charge in [0.25, 0.3) is 5.91 Å².